The Labute approximate surface area is 93.1 Å². The molecular weight excluding hydrogens is 206 g/mol. The van der Waals surface area contributed by atoms with Crippen molar-refractivity contribution in [2.45, 2.75) is 13.3 Å². The number of carbonyl (C=O) groups is 2. The molecule has 0 saturated carbocycles. The molecule has 4 heteroatoms. The number of aryl methyl sites for hydroxylation is 1. The van der Waals surface area contributed by atoms with Crippen LogP contribution >= 0.6 is 0 Å². The van der Waals surface area contributed by atoms with E-state index in [2.05, 4.69) is 11.8 Å². The van der Waals surface area contributed by atoms with Crippen LogP contribution in [0.2, 0.25) is 0 Å². The monoisotopic (exact) mass is 217 g/mol. The van der Waals surface area contributed by atoms with Gasteiger partial charge in [0.1, 0.15) is 0 Å². The van der Waals surface area contributed by atoms with Crippen LogP contribution in [-0.2, 0) is 4.79 Å². The van der Waals surface area contributed by atoms with Crippen molar-refractivity contribution in [3.05, 3.63) is 34.9 Å². The number of nitrogens with two attached hydrogens (primary N) is 1. The largest absolute Gasteiger partial charge is 0.478 e. The summed E-state index contributed by atoms with van der Waals surface area (Å²) in [6, 6.07) is 5.02. The predicted octanol–water partition coefficient (Wildman–Crippen LogP) is 0.920. The normalized spacial score (nSPS) is 9.06. The van der Waals surface area contributed by atoms with Crippen molar-refractivity contribution in [3.8, 4) is 11.8 Å². The first kappa shape index (κ1) is 11.8. The Morgan fingerprint density at radius 2 is 2.12 bits per heavy atom. The SMILES string of the molecule is Cc1cccc(C#CCC(N)=O)c1C(=O)O. The summed E-state index contributed by atoms with van der Waals surface area (Å²) in [5.41, 5.74) is 6.13. The van der Waals surface area contributed by atoms with Crippen LogP contribution in [-0.4, -0.2) is 17.0 Å². The maximum Gasteiger partial charge on any atom is 0.337 e. The maximum atomic E-state index is 11.0. The lowest BCUT2D eigenvalue weighted by molar-refractivity contribution is -0.117. The number of carboxylic acids is 1. The number of primary amides is 1. The van der Waals surface area contributed by atoms with E-state index in [-0.39, 0.29) is 12.0 Å². The second-order valence-corrected chi connectivity index (χ2v) is 3.25. The van der Waals surface area contributed by atoms with Crippen molar-refractivity contribution in [2.24, 2.45) is 5.73 Å². The van der Waals surface area contributed by atoms with E-state index in [4.69, 9.17) is 10.8 Å². The lowest BCUT2D eigenvalue weighted by atomic mass is 10.0. The van der Waals surface area contributed by atoms with Crippen molar-refractivity contribution in [1.29, 1.82) is 0 Å². The molecule has 3 N–H and O–H groups in total. The van der Waals surface area contributed by atoms with Gasteiger partial charge in [-0.15, -0.1) is 0 Å². The van der Waals surface area contributed by atoms with Crippen LogP contribution in [0.1, 0.15) is 27.9 Å². The molecule has 0 aliphatic heterocycles. The minimum atomic E-state index is -1.03. The molecule has 0 radical (unpaired) electrons. The molecule has 0 aliphatic carbocycles. The van der Waals surface area contributed by atoms with Crippen molar-refractivity contribution < 1.29 is 14.7 Å². The van der Waals surface area contributed by atoms with E-state index < -0.39 is 11.9 Å². The first-order valence-electron chi connectivity index (χ1n) is 4.62. The standard InChI is InChI=1S/C12H11NO3/c1-8-4-2-5-9(11(8)12(15)16)6-3-7-10(13)14/h2,4-5H,7H2,1H3,(H2,13,14)(H,15,16). The minimum Gasteiger partial charge on any atom is -0.478 e. The summed E-state index contributed by atoms with van der Waals surface area (Å²) in [5.74, 6) is 3.61. The van der Waals surface area contributed by atoms with Crippen LogP contribution in [0.25, 0.3) is 0 Å². The van der Waals surface area contributed by atoms with Crippen LogP contribution < -0.4 is 5.73 Å². The van der Waals surface area contributed by atoms with Gasteiger partial charge in [0.05, 0.1) is 12.0 Å². The third-order valence-corrected chi connectivity index (χ3v) is 1.97. The van der Waals surface area contributed by atoms with Crippen LogP contribution in [0.3, 0.4) is 0 Å². The average Bonchev–Trinajstić information content (AvgIpc) is 2.16. The van der Waals surface area contributed by atoms with Gasteiger partial charge in [-0.3, -0.25) is 4.79 Å². The number of rotatable bonds is 2. The predicted molar refractivity (Wildman–Crippen MR) is 58.8 cm³/mol. The van der Waals surface area contributed by atoms with Gasteiger partial charge in [0, 0.05) is 5.56 Å². The number of hydrogen-bond acceptors (Lipinski definition) is 2. The van der Waals surface area contributed by atoms with Gasteiger partial charge in [-0.2, -0.15) is 0 Å². The molecule has 0 spiro atoms. The van der Waals surface area contributed by atoms with E-state index in [1.165, 1.54) is 0 Å². The number of benzene rings is 1. The molecule has 0 aliphatic rings. The fraction of sp³-hybridized carbons (Fsp3) is 0.167. The highest BCUT2D eigenvalue weighted by Gasteiger charge is 2.10. The summed E-state index contributed by atoms with van der Waals surface area (Å²) in [6.45, 7) is 1.70. The van der Waals surface area contributed by atoms with Crippen molar-refractivity contribution in [3.63, 3.8) is 0 Å². The molecule has 0 aromatic heterocycles. The lowest BCUT2D eigenvalue weighted by Gasteiger charge is -2.02. The summed E-state index contributed by atoms with van der Waals surface area (Å²) in [6.07, 6.45) is -0.0764. The quantitative estimate of drug-likeness (QED) is 0.723. The number of amides is 1. The molecular formula is C12H11NO3. The Morgan fingerprint density at radius 1 is 1.44 bits per heavy atom. The van der Waals surface area contributed by atoms with Gasteiger partial charge >= 0.3 is 5.97 Å². The second-order valence-electron chi connectivity index (χ2n) is 3.25. The van der Waals surface area contributed by atoms with E-state index in [0.717, 1.165) is 0 Å². The molecule has 0 saturated heterocycles. The average molecular weight is 217 g/mol. The third kappa shape index (κ3) is 2.85. The Bertz CT molecular complexity index is 495. The van der Waals surface area contributed by atoms with E-state index in [1.807, 2.05) is 0 Å². The molecule has 1 amide bonds. The van der Waals surface area contributed by atoms with E-state index in [1.54, 1.807) is 25.1 Å². The number of carboxylic acid groups (broad SMARTS) is 1. The van der Waals surface area contributed by atoms with E-state index >= 15 is 0 Å². The smallest absolute Gasteiger partial charge is 0.337 e. The number of carbonyl (C=O) groups excluding carboxylic acids is 1. The number of hydrogen-bond donors (Lipinski definition) is 2. The Hall–Kier alpha value is -2.28. The van der Waals surface area contributed by atoms with Crippen molar-refractivity contribution in [2.75, 3.05) is 0 Å². The highest BCUT2D eigenvalue weighted by molar-refractivity contribution is 5.92. The summed E-state index contributed by atoms with van der Waals surface area (Å²) in [7, 11) is 0. The minimum absolute atomic E-state index is 0.0764. The summed E-state index contributed by atoms with van der Waals surface area (Å²) >= 11 is 0. The fourth-order valence-corrected chi connectivity index (χ4v) is 1.28. The third-order valence-electron chi connectivity index (χ3n) is 1.97. The first-order chi connectivity index (χ1) is 7.52. The molecule has 4 nitrogen and oxygen atoms in total. The zero-order chi connectivity index (χ0) is 12.1. The second kappa shape index (κ2) is 4.99. The molecule has 1 aromatic rings. The Balaban J connectivity index is 3.12. The molecule has 0 fully saturated rings. The van der Waals surface area contributed by atoms with Crippen LogP contribution in [0.15, 0.2) is 18.2 Å². The molecule has 16 heavy (non-hydrogen) atoms. The van der Waals surface area contributed by atoms with E-state index in [0.29, 0.717) is 11.1 Å². The van der Waals surface area contributed by atoms with Crippen LogP contribution in [0, 0.1) is 18.8 Å². The Kier molecular flexibility index (Phi) is 3.67. The maximum absolute atomic E-state index is 11.0. The van der Waals surface area contributed by atoms with Crippen LogP contribution in [0.5, 0.6) is 0 Å². The summed E-state index contributed by atoms with van der Waals surface area (Å²) in [4.78, 5) is 21.5. The molecule has 0 bridgehead atoms. The van der Waals surface area contributed by atoms with E-state index in [9.17, 15) is 9.59 Å². The van der Waals surface area contributed by atoms with Gasteiger partial charge in [0.15, 0.2) is 0 Å². The molecule has 1 aromatic carbocycles. The topological polar surface area (TPSA) is 80.4 Å². The summed E-state index contributed by atoms with van der Waals surface area (Å²) < 4.78 is 0. The molecule has 82 valence electrons. The fourth-order valence-electron chi connectivity index (χ4n) is 1.28. The van der Waals surface area contributed by atoms with Gasteiger partial charge in [0.25, 0.3) is 0 Å². The molecule has 1 rings (SSSR count). The number of aromatic carboxylic acids is 1. The van der Waals surface area contributed by atoms with Crippen LogP contribution in [0.4, 0.5) is 0 Å². The van der Waals surface area contributed by atoms with Gasteiger partial charge in [-0.05, 0) is 18.6 Å². The van der Waals surface area contributed by atoms with Gasteiger partial charge in [-0.25, -0.2) is 4.79 Å². The molecule has 0 atom stereocenters. The Morgan fingerprint density at radius 3 is 2.69 bits per heavy atom. The van der Waals surface area contributed by atoms with Gasteiger partial charge in [0.2, 0.25) is 5.91 Å². The van der Waals surface area contributed by atoms with Crippen molar-refractivity contribution >= 4 is 11.9 Å². The van der Waals surface area contributed by atoms with Gasteiger partial charge in [-0.1, -0.05) is 24.0 Å². The van der Waals surface area contributed by atoms with Crippen molar-refractivity contribution in [1.82, 2.24) is 0 Å². The highest BCUT2D eigenvalue weighted by atomic mass is 16.4. The lowest BCUT2D eigenvalue weighted by Crippen LogP contribution is -2.08. The highest BCUT2D eigenvalue weighted by Crippen LogP contribution is 2.13. The first-order valence-corrected chi connectivity index (χ1v) is 4.62. The molecule has 0 heterocycles. The van der Waals surface area contributed by atoms with Gasteiger partial charge < -0.3 is 10.8 Å². The molecule has 0 unspecified atom stereocenters. The summed E-state index contributed by atoms with van der Waals surface area (Å²) in [5, 5.41) is 9.00. The zero-order valence-corrected chi connectivity index (χ0v) is 8.78. The zero-order valence-electron chi connectivity index (χ0n) is 8.78.